The molecule has 1 aromatic carbocycles. The van der Waals surface area contributed by atoms with Crippen LogP contribution in [0.1, 0.15) is 6.42 Å². The molecule has 0 bridgehead atoms. The molecule has 0 saturated carbocycles. The van der Waals surface area contributed by atoms with E-state index in [1.165, 1.54) is 12.1 Å². The topological polar surface area (TPSA) is 114 Å². The van der Waals surface area contributed by atoms with E-state index in [1.54, 1.807) is 6.07 Å². The van der Waals surface area contributed by atoms with E-state index in [9.17, 15) is 18.3 Å². The van der Waals surface area contributed by atoms with Crippen molar-refractivity contribution in [3.63, 3.8) is 0 Å². The second-order valence-corrected chi connectivity index (χ2v) is 8.27. The van der Waals surface area contributed by atoms with Gasteiger partial charge in [0.25, 0.3) is 0 Å². The van der Waals surface area contributed by atoms with E-state index in [1.807, 2.05) is 0 Å². The lowest BCUT2D eigenvalue weighted by atomic mass is 10.1. The molecule has 1 amide bonds. The van der Waals surface area contributed by atoms with E-state index in [2.05, 4.69) is 10.6 Å². The predicted octanol–water partition coefficient (Wildman–Crippen LogP) is -0.682. The number of aliphatic hydroxyl groups excluding tert-OH is 1. The second-order valence-electron chi connectivity index (χ2n) is 6.16. The zero-order valence-corrected chi connectivity index (χ0v) is 14.5. The Morgan fingerprint density at radius 3 is 2.72 bits per heavy atom. The van der Waals surface area contributed by atoms with E-state index >= 15 is 0 Å². The molecule has 3 rings (SSSR count). The molecule has 1 aromatic rings. The molecular weight excluding hydrogens is 348 g/mol. The average molecular weight is 370 g/mol. The van der Waals surface area contributed by atoms with Gasteiger partial charge in [-0.25, -0.2) is 8.42 Å². The van der Waals surface area contributed by atoms with Crippen LogP contribution in [0.15, 0.2) is 23.1 Å². The highest BCUT2D eigenvalue weighted by Gasteiger charge is 2.25. The number of rotatable bonds is 6. The van der Waals surface area contributed by atoms with Crippen molar-refractivity contribution in [2.45, 2.75) is 17.4 Å². The zero-order valence-electron chi connectivity index (χ0n) is 13.7. The van der Waals surface area contributed by atoms with Crippen LogP contribution >= 0.6 is 0 Å². The number of carbonyl (C=O) groups excluding carboxylic acids is 1. The van der Waals surface area contributed by atoms with Crippen LogP contribution in [0.2, 0.25) is 0 Å². The maximum atomic E-state index is 12.4. The Kier molecular flexibility index (Phi) is 5.45. The van der Waals surface area contributed by atoms with Crippen LogP contribution in [0.5, 0.6) is 11.5 Å². The minimum Gasteiger partial charge on any atom is -0.486 e. The number of amides is 1. The Balaban J connectivity index is 1.53. The van der Waals surface area contributed by atoms with Crippen molar-refractivity contribution in [2.24, 2.45) is 5.92 Å². The van der Waals surface area contributed by atoms with Crippen LogP contribution in [-0.4, -0.2) is 64.1 Å². The Hall–Kier alpha value is -1.84. The second kappa shape index (κ2) is 7.59. The summed E-state index contributed by atoms with van der Waals surface area (Å²) in [4.78, 5) is 12.0. The van der Waals surface area contributed by atoms with E-state index in [-0.39, 0.29) is 28.9 Å². The lowest BCUT2D eigenvalue weighted by Crippen LogP contribution is -2.35. The maximum absolute atomic E-state index is 12.4. The first-order valence-corrected chi connectivity index (χ1v) is 9.89. The molecule has 0 aliphatic carbocycles. The minimum absolute atomic E-state index is 0.0432. The van der Waals surface area contributed by atoms with Crippen molar-refractivity contribution in [1.82, 2.24) is 10.6 Å². The summed E-state index contributed by atoms with van der Waals surface area (Å²) in [7, 11) is -3.60. The molecule has 2 atom stereocenters. The first kappa shape index (κ1) is 18.0. The Bertz CT molecular complexity index is 736. The molecule has 138 valence electrons. The van der Waals surface area contributed by atoms with Gasteiger partial charge in [0, 0.05) is 38.0 Å². The lowest BCUT2D eigenvalue weighted by Gasteiger charge is -2.18. The number of carbonyl (C=O) groups is 1. The summed E-state index contributed by atoms with van der Waals surface area (Å²) >= 11 is 0. The van der Waals surface area contributed by atoms with Crippen LogP contribution in [0.25, 0.3) is 0 Å². The minimum atomic E-state index is -3.60. The molecule has 9 heteroatoms. The summed E-state index contributed by atoms with van der Waals surface area (Å²) in [5.41, 5.74) is 0. The highest BCUT2D eigenvalue weighted by molar-refractivity contribution is 7.91. The van der Waals surface area contributed by atoms with Crippen molar-refractivity contribution in [3.05, 3.63) is 18.2 Å². The average Bonchev–Trinajstić information content (AvgIpc) is 3.03. The quantitative estimate of drug-likeness (QED) is 0.608. The molecule has 1 saturated heterocycles. The molecule has 25 heavy (non-hydrogen) atoms. The fourth-order valence-electron chi connectivity index (χ4n) is 2.82. The largest absolute Gasteiger partial charge is 0.486 e. The molecule has 2 aliphatic heterocycles. The van der Waals surface area contributed by atoms with Gasteiger partial charge in [-0.3, -0.25) is 4.79 Å². The molecular formula is C16H22N2O6S. The van der Waals surface area contributed by atoms with E-state index in [0.29, 0.717) is 44.3 Å². The lowest BCUT2D eigenvalue weighted by molar-refractivity contribution is -0.120. The number of fused-ring (bicyclic) bond motifs is 1. The first-order valence-electron chi connectivity index (χ1n) is 8.23. The van der Waals surface area contributed by atoms with Gasteiger partial charge in [0.2, 0.25) is 5.91 Å². The van der Waals surface area contributed by atoms with Crippen molar-refractivity contribution in [1.29, 1.82) is 0 Å². The number of aliphatic hydroxyl groups is 1. The molecule has 0 aromatic heterocycles. The van der Waals surface area contributed by atoms with Gasteiger partial charge in [0.05, 0.1) is 16.8 Å². The zero-order chi connectivity index (χ0) is 17.9. The number of β-amino-alcohol motifs (C(OH)–C–C–N with tert-alkyl or cyclic N) is 1. The summed E-state index contributed by atoms with van der Waals surface area (Å²) in [5, 5.41) is 15.4. The van der Waals surface area contributed by atoms with Crippen LogP contribution in [0, 0.1) is 5.92 Å². The molecule has 0 radical (unpaired) electrons. The smallest absolute Gasteiger partial charge is 0.221 e. The fourth-order valence-corrected chi connectivity index (χ4v) is 4.07. The van der Waals surface area contributed by atoms with Crippen molar-refractivity contribution in [2.75, 3.05) is 38.6 Å². The van der Waals surface area contributed by atoms with Gasteiger partial charge in [-0.15, -0.1) is 0 Å². The summed E-state index contributed by atoms with van der Waals surface area (Å²) in [5.74, 6) is 0.244. The van der Waals surface area contributed by atoms with Crippen LogP contribution < -0.4 is 20.1 Å². The Morgan fingerprint density at radius 1 is 1.24 bits per heavy atom. The number of ether oxygens (including phenoxy) is 2. The molecule has 8 nitrogen and oxygen atoms in total. The van der Waals surface area contributed by atoms with Crippen LogP contribution in [-0.2, 0) is 14.6 Å². The predicted molar refractivity (Wildman–Crippen MR) is 89.5 cm³/mol. The molecule has 0 spiro atoms. The van der Waals surface area contributed by atoms with E-state index in [4.69, 9.17) is 9.47 Å². The SMILES string of the molecule is O=C(CCS(=O)(=O)c1ccc2c(c1)OCCO2)NCC1CNCC1O. The standard InChI is InChI=1S/C16H22N2O6S/c19-13-10-17-8-11(13)9-18-16(20)3-6-25(21,22)12-1-2-14-15(7-12)24-5-4-23-14/h1-2,7,11,13,17,19H,3-6,8-10H2,(H,18,20). The number of hydrogen-bond donors (Lipinski definition) is 3. The summed E-state index contributed by atoms with van der Waals surface area (Å²) in [6.45, 7) is 2.29. The van der Waals surface area contributed by atoms with Crippen molar-refractivity contribution >= 4 is 15.7 Å². The normalized spacial score (nSPS) is 22.6. The van der Waals surface area contributed by atoms with Gasteiger partial charge in [0.1, 0.15) is 13.2 Å². The van der Waals surface area contributed by atoms with Gasteiger partial charge >= 0.3 is 0 Å². The number of nitrogens with one attached hydrogen (secondary N) is 2. The van der Waals surface area contributed by atoms with Gasteiger partial charge in [-0.2, -0.15) is 0 Å². The number of benzene rings is 1. The Labute approximate surface area is 146 Å². The molecule has 3 N–H and O–H groups in total. The maximum Gasteiger partial charge on any atom is 0.221 e. The van der Waals surface area contributed by atoms with Gasteiger partial charge in [0.15, 0.2) is 21.3 Å². The third-order valence-corrected chi connectivity index (χ3v) is 6.05. The first-order chi connectivity index (χ1) is 12.0. The summed E-state index contributed by atoms with van der Waals surface area (Å²) < 4.78 is 35.6. The monoisotopic (exact) mass is 370 g/mol. The van der Waals surface area contributed by atoms with Crippen LogP contribution in [0.3, 0.4) is 0 Å². The van der Waals surface area contributed by atoms with Gasteiger partial charge < -0.3 is 25.2 Å². The molecule has 2 aliphatic rings. The molecule has 2 heterocycles. The fraction of sp³-hybridized carbons (Fsp3) is 0.562. The Morgan fingerprint density at radius 2 is 2.00 bits per heavy atom. The van der Waals surface area contributed by atoms with Gasteiger partial charge in [-0.05, 0) is 12.1 Å². The highest BCUT2D eigenvalue weighted by atomic mass is 32.2. The third-order valence-electron chi connectivity index (χ3n) is 4.34. The third kappa shape index (κ3) is 4.42. The molecule has 1 fully saturated rings. The summed E-state index contributed by atoms with van der Waals surface area (Å²) in [6.07, 6.45) is -0.616. The van der Waals surface area contributed by atoms with E-state index in [0.717, 1.165) is 0 Å². The van der Waals surface area contributed by atoms with Crippen molar-refractivity contribution < 1.29 is 27.8 Å². The van der Waals surface area contributed by atoms with Gasteiger partial charge in [-0.1, -0.05) is 0 Å². The highest BCUT2D eigenvalue weighted by Crippen LogP contribution is 2.32. The number of sulfone groups is 1. The van der Waals surface area contributed by atoms with E-state index < -0.39 is 15.9 Å². The number of hydrogen-bond acceptors (Lipinski definition) is 7. The van der Waals surface area contributed by atoms with Crippen LogP contribution in [0.4, 0.5) is 0 Å². The van der Waals surface area contributed by atoms with Crippen molar-refractivity contribution in [3.8, 4) is 11.5 Å². The summed E-state index contributed by atoms with van der Waals surface area (Å²) in [6, 6.07) is 4.46. The molecule has 2 unspecified atom stereocenters.